The van der Waals surface area contributed by atoms with E-state index in [1.165, 1.54) is 16.6 Å². The third-order valence-corrected chi connectivity index (χ3v) is 7.69. The van der Waals surface area contributed by atoms with Gasteiger partial charge in [0.15, 0.2) is 0 Å². The van der Waals surface area contributed by atoms with E-state index in [4.69, 9.17) is 4.98 Å². The molecule has 194 valence electrons. The van der Waals surface area contributed by atoms with Crippen molar-refractivity contribution >= 4 is 28.3 Å². The first kappa shape index (κ1) is 24.4. The molecule has 2 fully saturated rings. The number of hydrogen-bond acceptors (Lipinski definition) is 5. The molecule has 2 amide bonds. The number of carbonyl (C=O) groups is 1. The number of rotatable bonds is 7. The number of benzene rings is 2. The summed E-state index contributed by atoms with van der Waals surface area (Å²) in [6.07, 6.45) is 4.57. The molecule has 4 heterocycles. The Hall–Kier alpha value is -3.97. The molecule has 0 N–H and O–H groups in total. The van der Waals surface area contributed by atoms with Crippen molar-refractivity contribution in [1.29, 1.82) is 0 Å². The average molecular weight is 507 g/mol. The van der Waals surface area contributed by atoms with Crippen LogP contribution in [0, 0.1) is 6.92 Å². The Bertz CT molecular complexity index is 1420. The molecule has 2 saturated heterocycles. The fraction of sp³-hybridized carbons (Fsp3) is 0.323. The van der Waals surface area contributed by atoms with Gasteiger partial charge in [0.25, 0.3) is 0 Å². The number of aromatic nitrogens is 2. The third kappa shape index (κ3) is 5.20. The zero-order valence-electron chi connectivity index (χ0n) is 22.0. The second-order valence-corrected chi connectivity index (χ2v) is 10.3. The van der Waals surface area contributed by atoms with Crippen LogP contribution in [-0.2, 0) is 13.0 Å². The van der Waals surface area contributed by atoms with Crippen molar-refractivity contribution < 1.29 is 4.79 Å². The van der Waals surface area contributed by atoms with Crippen LogP contribution < -0.4 is 9.80 Å². The Balaban J connectivity index is 1.04. The summed E-state index contributed by atoms with van der Waals surface area (Å²) >= 11 is 0. The number of piperazine rings is 1. The van der Waals surface area contributed by atoms with Crippen LogP contribution in [0.5, 0.6) is 0 Å². The fourth-order valence-electron chi connectivity index (χ4n) is 5.58. The Morgan fingerprint density at radius 3 is 2.53 bits per heavy atom. The highest BCUT2D eigenvalue weighted by Gasteiger charge is 2.29. The van der Waals surface area contributed by atoms with Crippen molar-refractivity contribution in [3.05, 3.63) is 95.9 Å². The largest absolute Gasteiger partial charge is 0.368 e. The van der Waals surface area contributed by atoms with Crippen LogP contribution in [0.3, 0.4) is 0 Å². The molecule has 0 bridgehead atoms. The van der Waals surface area contributed by atoms with E-state index in [1.807, 2.05) is 41.1 Å². The van der Waals surface area contributed by atoms with Crippen molar-refractivity contribution in [2.24, 2.45) is 0 Å². The number of urea groups is 1. The molecular formula is C31H34N6O. The SMILES string of the molecule is Cc1ccc2c(N3CCN(CCc4cccc(N5CCN(Cc6cccnc6)C5=O)c4)CC3)cccc2n1. The highest BCUT2D eigenvalue weighted by Crippen LogP contribution is 2.27. The minimum Gasteiger partial charge on any atom is -0.368 e. The van der Waals surface area contributed by atoms with E-state index >= 15 is 0 Å². The first-order valence-corrected chi connectivity index (χ1v) is 13.5. The zero-order chi connectivity index (χ0) is 25.9. The van der Waals surface area contributed by atoms with Crippen LogP contribution in [0.2, 0.25) is 0 Å². The smallest absolute Gasteiger partial charge is 0.324 e. The molecule has 0 saturated carbocycles. The van der Waals surface area contributed by atoms with Crippen LogP contribution in [0.1, 0.15) is 16.8 Å². The lowest BCUT2D eigenvalue weighted by molar-refractivity contribution is 0.218. The summed E-state index contributed by atoms with van der Waals surface area (Å²) in [4.78, 5) is 30.8. The summed E-state index contributed by atoms with van der Waals surface area (Å²) < 4.78 is 0. The van der Waals surface area contributed by atoms with Gasteiger partial charge >= 0.3 is 6.03 Å². The molecule has 0 atom stereocenters. The minimum absolute atomic E-state index is 0.0703. The van der Waals surface area contributed by atoms with Crippen LogP contribution >= 0.6 is 0 Å². The first-order valence-electron chi connectivity index (χ1n) is 13.5. The van der Waals surface area contributed by atoms with Crippen LogP contribution in [0.15, 0.2) is 79.1 Å². The molecule has 0 unspecified atom stereocenters. The highest BCUT2D eigenvalue weighted by molar-refractivity contribution is 5.94. The van der Waals surface area contributed by atoms with Gasteiger partial charge in [0.05, 0.1) is 5.52 Å². The molecular weight excluding hydrogens is 472 g/mol. The quantitative estimate of drug-likeness (QED) is 0.362. The maximum atomic E-state index is 13.1. The van der Waals surface area contributed by atoms with Crippen molar-refractivity contribution in [2.45, 2.75) is 19.9 Å². The molecule has 7 heteroatoms. The van der Waals surface area contributed by atoms with Crippen molar-refractivity contribution in [3.8, 4) is 0 Å². The fourth-order valence-corrected chi connectivity index (χ4v) is 5.58. The summed E-state index contributed by atoms with van der Waals surface area (Å²) in [6, 6.07) is 23.2. The predicted molar refractivity (Wildman–Crippen MR) is 153 cm³/mol. The first-order chi connectivity index (χ1) is 18.6. The van der Waals surface area contributed by atoms with E-state index in [0.29, 0.717) is 13.1 Å². The van der Waals surface area contributed by atoms with E-state index in [2.05, 4.69) is 63.3 Å². The van der Waals surface area contributed by atoms with Crippen LogP contribution in [0.25, 0.3) is 10.9 Å². The van der Waals surface area contributed by atoms with Gasteiger partial charge in [-0.1, -0.05) is 24.3 Å². The molecule has 7 nitrogen and oxygen atoms in total. The Kier molecular flexibility index (Phi) is 6.92. The maximum Gasteiger partial charge on any atom is 0.324 e. The Morgan fingerprint density at radius 2 is 1.68 bits per heavy atom. The third-order valence-electron chi connectivity index (χ3n) is 7.69. The zero-order valence-corrected chi connectivity index (χ0v) is 22.0. The van der Waals surface area contributed by atoms with Gasteiger partial charge in [-0.2, -0.15) is 0 Å². The predicted octanol–water partition coefficient (Wildman–Crippen LogP) is 4.75. The minimum atomic E-state index is 0.0703. The standard InChI is InChI=1S/C31H34N6O/c1-24-10-11-28-29(33-24)8-3-9-30(28)35-17-15-34(16-18-35)14-12-25-5-2-7-27(21-25)37-20-19-36(31(37)38)23-26-6-4-13-32-22-26/h2-11,13,21-22H,12,14-20,23H2,1H3. The van der Waals surface area contributed by atoms with E-state index < -0.39 is 0 Å². The number of aryl methyl sites for hydroxylation is 1. The monoisotopic (exact) mass is 506 g/mol. The molecule has 2 aromatic carbocycles. The van der Waals surface area contributed by atoms with E-state index in [-0.39, 0.29) is 6.03 Å². The molecule has 4 aromatic rings. The number of fused-ring (bicyclic) bond motifs is 1. The topological polar surface area (TPSA) is 55.8 Å². The molecule has 0 aliphatic carbocycles. The van der Waals surface area contributed by atoms with E-state index in [0.717, 1.165) is 68.2 Å². The van der Waals surface area contributed by atoms with Gasteiger partial charge in [0, 0.05) is 87.2 Å². The lowest BCUT2D eigenvalue weighted by Crippen LogP contribution is -2.47. The summed E-state index contributed by atoms with van der Waals surface area (Å²) in [5.74, 6) is 0. The summed E-state index contributed by atoms with van der Waals surface area (Å²) in [7, 11) is 0. The Morgan fingerprint density at radius 1 is 0.842 bits per heavy atom. The van der Waals surface area contributed by atoms with Gasteiger partial charge < -0.3 is 9.80 Å². The van der Waals surface area contributed by atoms with Crippen LogP contribution in [-0.4, -0.2) is 71.6 Å². The normalized spacial score (nSPS) is 16.6. The number of amides is 2. The highest BCUT2D eigenvalue weighted by atomic mass is 16.2. The van der Waals surface area contributed by atoms with E-state index in [1.54, 1.807) is 6.20 Å². The summed E-state index contributed by atoms with van der Waals surface area (Å²) in [5, 5.41) is 1.24. The molecule has 38 heavy (non-hydrogen) atoms. The van der Waals surface area contributed by atoms with Gasteiger partial charge in [0.1, 0.15) is 0 Å². The lowest BCUT2D eigenvalue weighted by Gasteiger charge is -2.36. The number of anilines is 2. The summed E-state index contributed by atoms with van der Waals surface area (Å²) in [5.41, 5.74) is 6.74. The van der Waals surface area contributed by atoms with Gasteiger partial charge in [-0.05, 0) is 66.9 Å². The molecule has 0 spiro atoms. The van der Waals surface area contributed by atoms with Crippen molar-refractivity contribution in [2.75, 3.05) is 55.6 Å². The van der Waals surface area contributed by atoms with E-state index in [9.17, 15) is 4.79 Å². The number of pyridine rings is 2. The van der Waals surface area contributed by atoms with Crippen molar-refractivity contribution in [3.63, 3.8) is 0 Å². The molecule has 6 rings (SSSR count). The molecule has 2 aromatic heterocycles. The number of nitrogens with zero attached hydrogens (tertiary/aromatic N) is 6. The van der Waals surface area contributed by atoms with Crippen LogP contribution in [0.4, 0.5) is 16.2 Å². The number of carbonyl (C=O) groups excluding carboxylic acids is 1. The average Bonchev–Trinajstić information content (AvgIpc) is 3.32. The lowest BCUT2D eigenvalue weighted by atomic mass is 10.1. The molecule has 2 aliphatic heterocycles. The summed E-state index contributed by atoms with van der Waals surface area (Å²) in [6.45, 7) is 9.24. The van der Waals surface area contributed by atoms with Gasteiger partial charge in [-0.3, -0.25) is 19.8 Å². The van der Waals surface area contributed by atoms with Gasteiger partial charge in [0.2, 0.25) is 0 Å². The Labute approximate surface area is 224 Å². The molecule has 0 radical (unpaired) electrons. The molecule has 2 aliphatic rings. The van der Waals surface area contributed by atoms with Gasteiger partial charge in [-0.25, -0.2) is 4.79 Å². The second-order valence-electron chi connectivity index (χ2n) is 10.3. The van der Waals surface area contributed by atoms with Gasteiger partial charge in [-0.15, -0.1) is 0 Å². The van der Waals surface area contributed by atoms with Crippen molar-refractivity contribution in [1.82, 2.24) is 19.8 Å². The maximum absolute atomic E-state index is 13.1. The number of hydrogen-bond donors (Lipinski definition) is 0. The second kappa shape index (κ2) is 10.8.